The maximum absolute atomic E-state index is 10.8. The van der Waals surface area contributed by atoms with E-state index in [2.05, 4.69) is 15.2 Å². The number of rotatable bonds is 2. The van der Waals surface area contributed by atoms with Crippen LogP contribution in [0.15, 0.2) is 22.4 Å². The normalized spacial score (nSPS) is 10.7. The Hall–Kier alpha value is -0.420. The first-order valence-corrected chi connectivity index (χ1v) is 8.18. The van der Waals surface area contributed by atoms with Crippen molar-refractivity contribution >= 4 is 20.2 Å². The zero-order valence-electron chi connectivity index (χ0n) is 13.2. The van der Waals surface area contributed by atoms with Crippen molar-refractivity contribution in [1.29, 1.82) is 0 Å². The van der Waals surface area contributed by atoms with Crippen LogP contribution in [0.25, 0.3) is 0 Å². The maximum atomic E-state index is 10.8. The molecule has 0 saturated heterocycles. The molecule has 128 valence electrons. The first-order valence-electron chi connectivity index (χ1n) is 5.37. The number of nitrogens with one attached hydrogen (secondary N) is 1. The van der Waals surface area contributed by atoms with Crippen molar-refractivity contribution in [3.63, 3.8) is 0 Å². The van der Waals surface area contributed by atoms with Gasteiger partial charge in [0.25, 0.3) is 0 Å². The maximum Gasteiger partial charge on any atom is 1.00 e. The molecule has 1 heterocycles. The summed E-state index contributed by atoms with van der Waals surface area (Å²) in [6.45, 7) is 0.855. The van der Waals surface area contributed by atoms with Gasteiger partial charge in [0.2, 0.25) is 0 Å². The summed E-state index contributed by atoms with van der Waals surface area (Å²) in [5, 5.41) is 33.8. The Morgan fingerprint density at radius 3 is 1.52 bits per heavy atom. The molecule has 2 aromatic rings. The second-order valence-electron chi connectivity index (χ2n) is 3.89. The molecule has 0 bridgehead atoms. The number of phenolic OH excluding ortho intramolecular Hbond substituents is 3. The van der Waals surface area contributed by atoms with E-state index in [0.29, 0.717) is 0 Å². The summed E-state index contributed by atoms with van der Waals surface area (Å²) in [5.74, 6) is -4.46. The standard InChI is InChI=1S/C7H8O9S2.C2H3N3.2Na/c1-2-3(8)6(17(11,12)13)5(10)7(4(2)9)18(14,15)16;1-3-2-5-4-1;;/h8-10H,1H3,(H,11,12,13)(H,14,15,16);1-2H,(H,3,4,5);;/q;;2*+1/p-2. The Balaban J connectivity index is 0. The first kappa shape index (κ1) is 26.8. The van der Waals surface area contributed by atoms with Crippen LogP contribution in [-0.4, -0.2) is 56.4 Å². The molecular formula is C9H9N3Na2O9S2. The van der Waals surface area contributed by atoms with Crippen LogP contribution in [0.2, 0.25) is 0 Å². The fraction of sp³-hybridized carbons (Fsp3) is 0.111. The molecule has 0 aliphatic rings. The van der Waals surface area contributed by atoms with Crippen LogP contribution in [0, 0.1) is 6.92 Å². The molecule has 4 N–H and O–H groups in total. The topological polar surface area (TPSA) is 217 Å². The molecule has 2 rings (SSSR count). The second kappa shape index (κ2) is 10.1. The third-order valence-corrected chi connectivity index (χ3v) is 4.18. The van der Waals surface area contributed by atoms with Crippen LogP contribution < -0.4 is 59.1 Å². The summed E-state index contributed by atoms with van der Waals surface area (Å²) < 4.78 is 64.6. The minimum Gasteiger partial charge on any atom is -0.744 e. The molecule has 25 heavy (non-hydrogen) atoms. The zero-order valence-corrected chi connectivity index (χ0v) is 18.8. The molecule has 0 spiro atoms. The molecule has 0 aliphatic carbocycles. The SMILES string of the molecule is Cc1c(O)c(S(=O)(=O)[O-])c(O)c(S(=O)(=O)[O-])c1O.[Na+].[Na+].c1nc[nH]n1. The van der Waals surface area contributed by atoms with E-state index in [1.807, 2.05) is 0 Å². The van der Waals surface area contributed by atoms with E-state index in [0.717, 1.165) is 6.92 Å². The Labute approximate surface area is 186 Å². The molecule has 1 aromatic carbocycles. The van der Waals surface area contributed by atoms with Gasteiger partial charge in [-0.1, -0.05) is 0 Å². The molecule has 0 fully saturated rings. The van der Waals surface area contributed by atoms with Crippen LogP contribution >= 0.6 is 0 Å². The minimum atomic E-state index is -5.45. The molecule has 16 heteroatoms. The first-order chi connectivity index (χ1) is 10.4. The molecule has 0 saturated carbocycles. The number of H-pyrrole nitrogens is 1. The van der Waals surface area contributed by atoms with Gasteiger partial charge in [-0.05, 0) is 6.92 Å². The van der Waals surface area contributed by atoms with E-state index < -0.39 is 52.8 Å². The van der Waals surface area contributed by atoms with Crippen LogP contribution in [0.5, 0.6) is 17.2 Å². The van der Waals surface area contributed by atoms with Gasteiger partial charge in [-0.15, -0.1) is 0 Å². The average Bonchev–Trinajstić information content (AvgIpc) is 2.91. The van der Waals surface area contributed by atoms with Crippen molar-refractivity contribution < 1.29 is 100 Å². The van der Waals surface area contributed by atoms with Crippen molar-refractivity contribution in [2.75, 3.05) is 0 Å². The van der Waals surface area contributed by atoms with Crippen molar-refractivity contribution in [1.82, 2.24) is 15.2 Å². The summed E-state index contributed by atoms with van der Waals surface area (Å²) in [4.78, 5) is 0.208. The Morgan fingerprint density at radius 2 is 1.32 bits per heavy atom. The van der Waals surface area contributed by atoms with Gasteiger partial charge >= 0.3 is 59.1 Å². The molecule has 0 atom stereocenters. The van der Waals surface area contributed by atoms with Crippen LogP contribution in [0.3, 0.4) is 0 Å². The number of benzene rings is 1. The molecule has 0 aliphatic heterocycles. The van der Waals surface area contributed by atoms with Crippen molar-refractivity contribution in [3.05, 3.63) is 18.2 Å². The number of nitrogens with zero attached hydrogens (tertiary/aromatic N) is 2. The fourth-order valence-electron chi connectivity index (χ4n) is 1.42. The molecule has 0 radical (unpaired) electrons. The van der Waals surface area contributed by atoms with Crippen molar-refractivity contribution in [3.8, 4) is 17.2 Å². The van der Waals surface area contributed by atoms with Crippen LogP contribution in [0.4, 0.5) is 0 Å². The number of phenols is 3. The predicted molar refractivity (Wildman–Crippen MR) is 68.5 cm³/mol. The van der Waals surface area contributed by atoms with Gasteiger partial charge < -0.3 is 24.4 Å². The number of hydrogen-bond donors (Lipinski definition) is 4. The van der Waals surface area contributed by atoms with Crippen molar-refractivity contribution in [2.45, 2.75) is 16.7 Å². The van der Waals surface area contributed by atoms with Gasteiger partial charge in [0, 0.05) is 5.56 Å². The van der Waals surface area contributed by atoms with Gasteiger partial charge in [0.15, 0.2) is 5.75 Å². The van der Waals surface area contributed by atoms with E-state index in [4.69, 9.17) is 0 Å². The van der Waals surface area contributed by atoms with Crippen LogP contribution in [-0.2, 0) is 20.2 Å². The third-order valence-electron chi connectivity index (χ3n) is 2.40. The Morgan fingerprint density at radius 1 is 0.920 bits per heavy atom. The van der Waals surface area contributed by atoms with E-state index in [1.54, 1.807) is 0 Å². The van der Waals surface area contributed by atoms with E-state index >= 15 is 0 Å². The van der Waals surface area contributed by atoms with Gasteiger partial charge in [-0.3, -0.25) is 5.10 Å². The molecule has 0 amide bonds. The third kappa shape index (κ3) is 6.67. The summed E-state index contributed by atoms with van der Waals surface area (Å²) in [5.41, 5.74) is -0.739. The van der Waals surface area contributed by atoms with Gasteiger partial charge in [-0.25, -0.2) is 21.8 Å². The number of aromatic amines is 1. The van der Waals surface area contributed by atoms with Gasteiger partial charge in [0.05, 0.1) is 0 Å². The van der Waals surface area contributed by atoms with E-state index in [1.165, 1.54) is 12.7 Å². The summed E-state index contributed by atoms with van der Waals surface area (Å²) in [6, 6.07) is 0. The number of aromatic hydroxyl groups is 3. The van der Waals surface area contributed by atoms with E-state index in [-0.39, 0.29) is 59.1 Å². The fourth-order valence-corrected chi connectivity index (χ4v) is 2.94. The van der Waals surface area contributed by atoms with Crippen molar-refractivity contribution in [2.24, 2.45) is 0 Å². The van der Waals surface area contributed by atoms with E-state index in [9.17, 15) is 41.3 Å². The summed E-state index contributed by atoms with van der Waals surface area (Å²) >= 11 is 0. The number of hydrogen-bond acceptors (Lipinski definition) is 11. The Kier molecular flexibility index (Phi) is 10.8. The Bertz CT molecular complexity index is 838. The minimum absolute atomic E-state index is 0. The molecule has 12 nitrogen and oxygen atoms in total. The average molecular weight is 413 g/mol. The smallest absolute Gasteiger partial charge is 0.744 e. The summed E-state index contributed by atoms with van der Waals surface area (Å²) in [6.07, 6.45) is 2.96. The second-order valence-corrected chi connectivity index (χ2v) is 6.52. The van der Waals surface area contributed by atoms with Gasteiger partial charge in [-0.2, -0.15) is 5.10 Å². The largest absolute Gasteiger partial charge is 1.00 e. The summed E-state index contributed by atoms with van der Waals surface area (Å²) in [7, 11) is -10.9. The molecular weight excluding hydrogens is 404 g/mol. The zero-order chi connectivity index (χ0) is 18.0. The molecule has 1 aromatic heterocycles. The van der Waals surface area contributed by atoms with Gasteiger partial charge in [0.1, 0.15) is 54.2 Å². The predicted octanol–water partition coefficient (Wildman–Crippen LogP) is -7.27. The monoisotopic (exact) mass is 413 g/mol. The quantitative estimate of drug-likeness (QED) is 0.268. The molecule has 0 unspecified atom stereocenters. The van der Waals surface area contributed by atoms with Crippen LogP contribution in [0.1, 0.15) is 5.56 Å². The number of aromatic nitrogens is 3.